The molecule has 13 heteroatoms. The van der Waals surface area contributed by atoms with Crippen LogP contribution in [0.1, 0.15) is 194 Å². The van der Waals surface area contributed by atoms with Gasteiger partial charge in [0.2, 0.25) is 0 Å². The summed E-state index contributed by atoms with van der Waals surface area (Å²) in [5.41, 5.74) is 0. The highest BCUT2D eigenvalue weighted by Crippen LogP contribution is 2.24. The third-order valence-electron chi connectivity index (χ3n) is 10.7. The van der Waals surface area contributed by atoms with E-state index in [2.05, 4.69) is 44.2 Å². The first-order chi connectivity index (χ1) is 29.0. The molecule has 6 atom stereocenters. The van der Waals surface area contributed by atoms with Crippen molar-refractivity contribution in [1.82, 2.24) is 0 Å². The highest BCUT2D eigenvalue weighted by atomic mass is 32.2. The molecule has 0 saturated carbocycles. The fourth-order valence-corrected chi connectivity index (χ4v) is 7.70. The second-order valence-electron chi connectivity index (χ2n) is 16.4. The standard InChI is InChI=1S/C47H84O12S/c1-3-5-7-9-11-13-15-17-19-20-22-24-26-28-30-32-34-36-43(49)58-40(38-57-47-46(52)45(51)44(50)41(59-47)39-60(53,54)55)37-56-42(48)35-33-31-29-27-25-23-21-18-16-14-12-10-8-6-4-2/h18,21-22,24,28,30,40-41,44-47,50-52H,3-17,19-20,23,25-27,29,31-39H2,1-2H3,(H,53,54,55)/b21-18+,24-22+,30-28+/t40-,41-,44-,45?,46?,47+/m1/s1. The first kappa shape index (κ1) is 55.9. The van der Waals surface area contributed by atoms with E-state index in [1.807, 2.05) is 6.08 Å². The summed E-state index contributed by atoms with van der Waals surface area (Å²) in [6, 6.07) is 0. The van der Waals surface area contributed by atoms with Crippen LogP contribution in [0.3, 0.4) is 0 Å². The number of aliphatic hydroxyl groups excluding tert-OH is 3. The van der Waals surface area contributed by atoms with Crippen molar-refractivity contribution in [3.05, 3.63) is 36.5 Å². The lowest BCUT2D eigenvalue weighted by Gasteiger charge is -2.40. The summed E-state index contributed by atoms with van der Waals surface area (Å²) in [5.74, 6) is -2.05. The van der Waals surface area contributed by atoms with E-state index in [1.54, 1.807) is 0 Å². The fraction of sp³-hybridized carbons (Fsp3) is 0.830. The van der Waals surface area contributed by atoms with Gasteiger partial charge in [-0.05, 0) is 64.2 Å². The monoisotopic (exact) mass is 873 g/mol. The number of carbonyl (C=O) groups is 2. The predicted molar refractivity (Wildman–Crippen MR) is 238 cm³/mol. The summed E-state index contributed by atoms with van der Waals surface area (Å²) in [5, 5.41) is 30.9. The maximum Gasteiger partial charge on any atom is 0.306 e. The van der Waals surface area contributed by atoms with Gasteiger partial charge in [0.15, 0.2) is 12.4 Å². The summed E-state index contributed by atoms with van der Waals surface area (Å²) in [4.78, 5) is 25.4. The average molecular weight is 873 g/mol. The van der Waals surface area contributed by atoms with Crippen molar-refractivity contribution >= 4 is 22.1 Å². The van der Waals surface area contributed by atoms with Crippen LogP contribution in [0.15, 0.2) is 36.5 Å². The van der Waals surface area contributed by atoms with Crippen LogP contribution in [0.2, 0.25) is 0 Å². The summed E-state index contributed by atoms with van der Waals surface area (Å²) in [6.07, 6.45) is 33.4. The Morgan fingerprint density at radius 1 is 0.567 bits per heavy atom. The highest BCUT2D eigenvalue weighted by Gasteiger charge is 2.46. The van der Waals surface area contributed by atoms with Crippen LogP contribution in [-0.2, 0) is 38.7 Å². The molecule has 1 rings (SSSR count). The zero-order valence-corrected chi connectivity index (χ0v) is 38.1. The molecular formula is C47H84O12S. The molecule has 1 fully saturated rings. The van der Waals surface area contributed by atoms with Crippen LogP contribution >= 0.6 is 0 Å². The highest BCUT2D eigenvalue weighted by molar-refractivity contribution is 7.85. The van der Waals surface area contributed by atoms with Gasteiger partial charge in [0.1, 0.15) is 36.8 Å². The van der Waals surface area contributed by atoms with Gasteiger partial charge >= 0.3 is 11.9 Å². The largest absolute Gasteiger partial charge is 0.462 e. The normalized spacial score (nSPS) is 20.4. The number of hydrogen-bond acceptors (Lipinski definition) is 11. The predicted octanol–water partition coefficient (Wildman–Crippen LogP) is 9.78. The minimum absolute atomic E-state index is 0.0992. The van der Waals surface area contributed by atoms with Gasteiger partial charge in [-0.25, -0.2) is 0 Å². The van der Waals surface area contributed by atoms with Crippen molar-refractivity contribution in [3.63, 3.8) is 0 Å². The molecule has 4 N–H and O–H groups in total. The minimum Gasteiger partial charge on any atom is -0.462 e. The van der Waals surface area contributed by atoms with Crippen molar-refractivity contribution in [1.29, 1.82) is 0 Å². The van der Waals surface area contributed by atoms with Gasteiger partial charge in [-0.3, -0.25) is 14.1 Å². The quantitative estimate of drug-likeness (QED) is 0.0199. The van der Waals surface area contributed by atoms with Gasteiger partial charge in [0.25, 0.3) is 10.1 Å². The Labute approximate surface area is 363 Å². The van der Waals surface area contributed by atoms with E-state index in [0.29, 0.717) is 19.3 Å². The van der Waals surface area contributed by atoms with Crippen LogP contribution in [0.25, 0.3) is 0 Å². The van der Waals surface area contributed by atoms with E-state index in [1.165, 1.54) is 96.3 Å². The third-order valence-corrected chi connectivity index (χ3v) is 11.4. The molecule has 350 valence electrons. The van der Waals surface area contributed by atoms with E-state index < -0.39 is 71.2 Å². The van der Waals surface area contributed by atoms with Crippen LogP contribution in [0, 0.1) is 0 Å². The molecule has 1 aliphatic rings. The lowest BCUT2D eigenvalue weighted by molar-refractivity contribution is -0.297. The van der Waals surface area contributed by atoms with Gasteiger partial charge in [0.05, 0.1) is 6.61 Å². The van der Waals surface area contributed by atoms with E-state index in [4.69, 9.17) is 18.9 Å². The first-order valence-electron chi connectivity index (χ1n) is 23.5. The van der Waals surface area contributed by atoms with E-state index >= 15 is 0 Å². The molecule has 1 heterocycles. The van der Waals surface area contributed by atoms with Crippen LogP contribution < -0.4 is 0 Å². The second-order valence-corrected chi connectivity index (χ2v) is 17.9. The third kappa shape index (κ3) is 31.7. The molecule has 0 aromatic rings. The van der Waals surface area contributed by atoms with Crippen molar-refractivity contribution in [2.75, 3.05) is 19.0 Å². The van der Waals surface area contributed by atoms with Crippen LogP contribution in [-0.4, -0.2) is 96.0 Å². The maximum absolute atomic E-state index is 12.8. The Bertz CT molecular complexity index is 1250. The minimum atomic E-state index is -4.61. The molecule has 0 spiro atoms. The Morgan fingerprint density at radius 2 is 1.02 bits per heavy atom. The Balaban J connectivity index is 2.47. The Morgan fingerprint density at radius 3 is 1.53 bits per heavy atom. The zero-order valence-electron chi connectivity index (χ0n) is 37.3. The van der Waals surface area contributed by atoms with Crippen molar-refractivity contribution < 1.29 is 56.8 Å². The number of ether oxygens (including phenoxy) is 4. The number of esters is 2. The molecule has 0 aromatic carbocycles. The number of rotatable bonds is 39. The van der Waals surface area contributed by atoms with Crippen LogP contribution in [0.5, 0.6) is 0 Å². The van der Waals surface area contributed by atoms with E-state index in [0.717, 1.165) is 51.4 Å². The molecule has 0 radical (unpaired) electrons. The lowest BCUT2D eigenvalue weighted by Crippen LogP contribution is -2.60. The number of allylic oxidation sites excluding steroid dienone is 6. The van der Waals surface area contributed by atoms with Gasteiger partial charge in [0, 0.05) is 12.8 Å². The molecule has 1 saturated heterocycles. The summed E-state index contributed by atoms with van der Waals surface area (Å²) in [7, 11) is -4.61. The first-order valence-corrected chi connectivity index (χ1v) is 25.2. The molecule has 2 unspecified atom stereocenters. The number of aliphatic hydroxyl groups is 3. The molecule has 0 amide bonds. The molecule has 1 aliphatic heterocycles. The molecule has 60 heavy (non-hydrogen) atoms. The van der Waals surface area contributed by atoms with E-state index in [9.17, 15) is 37.9 Å². The number of hydrogen-bond donors (Lipinski definition) is 4. The molecular weight excluding hydrogens is 789 g/mol. The molecule has 12 nitrogen and oxygen atoms in total. The van der Waals surface area contributed by atoms with Gasteiger partial charge in [-0.2, -0.15) is 8.42 Å². The number of unbranched alkanes of at least 4 members (excludes halogenated alkanes) is 21. The van der Waals surface area contributed by atoms with Crippen molar-refractivity contribution in [3.8, 4) is 0 Å². The van der Waals surface area contributed by atoms with Gasteiger partial charge in [-0.15, -0.1) is 0 Å². The lowest BCUT2D eigenvalue weighted by atomic mass is 10.00. The molecule has 0 bridgehead atoms. The summed E-state index contributed by atoms with van der Waals surface area (Å²) >= 11 is 0. The maximum atomic E-state index is 12.8. The Kier molecular flexibility index (Phi) is 34.9. The number of carbonyl (C=O) groups excluding carboxylic acids is 2. The topological polar surface area (TPSA) is 186 Å². The van der Waals surface area contributed by atoms with Crippen LogP contribution in [0.4, 0.5) is 0 Å². The zero-order chi connectivity index (χ0) is 44.1. The summed E-state index contributed by atoms with van der Waals surface area (Å²) < 4.78 is 54.0. The van der Waals surface area contributed by atoms with Gasteiger partial charge < -0.3 is 34.3 Å². The van der Waals surface area contributed by atoms with Crippen molar-refractivity contribution in [2.45, 2.75) is 230 Å². The second kappa shape index (κ2) is 37.4. The SMILES string of the molecule is CCCCCCCC/C=C/CCCCCCCC(=O)OC[C@H](CO[C@H]1O[C@H](CS(=O)(=O)O)[C@@H](O)C(O)C1O)OC(=O)CCC/C=C/C/C=C/CCCCCCCCCCC. The Hall–Kier alpha value is -2.13. The fourth-order valence-electron chi connectivity index (χ4n) is 7.00. The smallest absolute Gasteiger partial charge is 0.306 e. The molecule has 0 aromatic heterocycles. The van der Waals surface area contributed by atoms with E-state index in [-0.39, 0.29) is 19.4 Å². The van der Waals surface area contributed by atoms with Crippen molar-refractivity contribution in [2.24, 2.45) is 0 Å². The summed E-state index contributed by atoms with van der Waals surface area (Å²) in [6.45, 7) is 3.72. The van der Waals surface area contributed by atoms with Gasteiger partial charge in [-0.1, -0.05) is 153 Å². The average Bonchev–Trinajstić information content (AvgIpc) is 3.21. The molecule has 0 aliphatic carbocycles.